The van der Waals surface area contributed by atoms with Crippen LogP contribution in [0.1, 0.15) is 19.8 Å². The molecule has 5 rings (SSSR count). The number of anilines is 3. The molecule has 0 spiro atoms. The maximum absolute atomic E-state index is 14.3. The van der Waals surface area contributed by atoms with E-state index >= 15 is 0 Å². The lowest BCUT2D eigenvalue weighted by atomic mass is 10.00. The number of piperidine rings is 1. The van der Waals surface area contributed by atoms with Crippen LogP contribution in [0.15, 0.2) is 55.0 Å². The zero-order valence-corrected chi connectivity index (χ0v) is 17.1. The number of fused-ring (bicyclic) bond motifs is 1. The normalized spacial score (nSPS) is 16.6. The molecule has 158 valence electrons. The summed E-state index contributed by atoms with van der Waals surface area (Å²) < 4.78 is 30.1. The van der Waals surface area contributed by atoms with E-state index in [9.17, 15) is 8.78 Å². The summed E-state index contributed by atoms with van der Waals surface area (Å²) in [5.41, 5.74) is 2.61. The van der Waals surface area contributed by atoms with Crippen LogP contribution in [0.25, 0.3) is 16.8 Å². The Balaban J connectivity index is 1.52. The molecule has 0 bridgehead atoms. The fraction of sp³-hybridized carbons (Fsp3) is 0.261. The summed E-state index contributed by atoms with van der Waals surface area (Å²) in [7, 11) is 0. The Kier molecular flexibility index (Phi) is 4.97. The van der Waals surface area contributed by atoms with Gasteiger partial charge < -0.3 is 10.2 Å². The van der Waals surface area contributed by atoms with E-state index in [4.69, 9.17) is 0 Å². The SMILES string of the molecule is C[C@H]1CCCN(c2ccncc2Nc2ncc3ccc(-c4c(F)cccc4F)nn23)C1. The lowest BCUT2D eigenvalue weighted by Crippen LogP contribution is -2.34. The quantitative estimate of drug-likeness (QED) is 0.501. The van der Waals surface area contributed by atoms with Gasteiger partial charge in [0.15, 0.2) is 0 Å². The van der Waals surface area contributed by atoms with Crippen LogP contribution in [-0.2, 0) is 0 Å². The Labute approximate surface area is 178 Å². The monoisotopic (exact) mass is 420 g/mol. The molecule has 1 atom stereocenters. The van der Waals surface area contributed by atoms with Gasteiger partial charge in [0.25, 0.3) is 0 Å². The zero-order valence-electron chi connectivity index (χ0n) is 17.1. The molecule has 8 heteroatoms. The summed E-state index contributed by atoms with van der Waals surface area (Å²) >= 11 is 0. The molecule has 1 saturated heterocycles. The topological polar surface area (TPSA) is 58.4 Å². The van der Waals surface area contributed by atoms with Crippen LogP contribution in [0.5, 0.6) is 0 Å². The summed E-state index contributed by atoms with van der Waals surface area (Å²) in [6.07, 6.45) is 7.58. The third kappa shape index (κ3) is 3.69. The minimum absolute atomic E-state index is 0.159. The fourth-order valence-corrected chi connectivity index (χ4v) is 4.13. The lowest BCUT2D eigenvalue weighted by Gasteiger charge is -2.33. The Morgan fingerprint density at radius 1 is 1.06 bits per heavy atom. The lowest BCUT2D eigenvalue weighted by molar-refractivity contribution is 0.447. The van der Waals surface area contributed by atoms with Gasteiger partial charge in [-0.2, -0.15) is 9.61 Å². The van der Waals surface area contributed by atoms with E-state index in [0.29, 0.717) is 17.4 Å². The molecular weight excluding hydrogens is 398 g/mol. The largest absolute Gasteiger partial charge is 0.369 e. The minimum Gasteiger partial charge on any atom is -0.369 e. The first kappa shape index (κ1) is 19.4. The number of aromatic nitrogens is 4. The molecule has 0 aliphatic carbocycles. The molecule has 31 heavy (non-hydrogen) atoms. The number of nitrogens with zero attached hydrogens (tertiary/aromatic N) is 5. The van der Waals surface area contributed by atoms with E-state index in [-0.39, 0.29) is 11.3 Å². The highest BCUT2D eigenvalue weighted by atomic mass is 19.1. The second-order valence-corrected chi connectivity index (χ2v) is 7.94. The molecule has 3 aromatic heterocycles. The predicted molar refractivity (Wildman–Crippen MR) is 116 cm³/mol. The molecule has 6 nitrogen and oxygen atoms in total. The first-order valence-corrected chi connectivity index (χ1v) is 10.4. The summed E-state index contributed by atoms with van der Waals surface area (Å²) in [6, 6.07) is 9.10. The minimum atomic E-state index is -0.657. The summed E-state index contributed by atoms with van der Waals surface area (Å²) in [5, 5.41) is 7.77. The van der Waals surface area contributed by atoms with E-state index in [2.05, 4.69) is 32.2 Å². The van der Waals surface area contributed by atoms with Crippen LogP contribution >= 0.6 is 0 Å². The van der Waals surface area contributed by atoms with E-state index < -0.39 is 11.6 Å². The molecule has 1 aromatic carbocycles. The van der Waals surface area contributed by atoms with Gasteiger partial charge in [0.05, 0.1) is 40.5 Å². The molecule has 1 fully saturated rings. The van der Waals surface area contributed by atoms with Crippen LogP contribution in [0.4, 0.5) is 26.1 Å². The fourth-order valence-electron chi connectivity index (χ4n) is 4.13. The number of halogens is 2. The number of pyridine rings is 1. The van der Waals surface area contributed by atoms with Crippen molar-refractivity contribution in [2.45, 2.75) is 19.8 Å². The molecule has 0 radical (unpaired) electrons. The Hall–Kier alpha value is -3.55. The van der Waals surface area contributed by atoms with Crippen LogP contribution in [0.2, 0.25) is 0 Å². The van der Waals surface area contributed by atoms with Crippen molar-refractivity contribution in [2.24, 2.45) is 5.92 Å². The van der Waals surface area contributed by atoms with Crippen molar-refractivity contribution in [2.75, 3.05) is 23.3 Å². The van der Waals surface area contributed by atoms with E-state index in [0.717, 1.165) is 30.9 Å². The van der Waals surface area contributed by atoms with Crippen molar-refractivity contribution < 1.29 is 8.78 Å². The van der Waals surface area contributed by atoms with Crippen molar-refractivity contribution in [3.63, 3.8) is 0 Å². The average molecular weight is 420 g/mol. The molecule has 0 saturated carbocycles. The maximum Gasteiger partial charge on any atom is 0.229 e. The number of hydrogen-bond acceptors (Lipinski definition) is 5. The van der Waals surface area contributed by atoms with Crippen LogP contribution < -0.4 is 10.2 Å². The van der Waals surface area contributed by atoms with Crippen molar-refractivity contribution in [3.8, 4) is 11.3 Å². The molecule has 4 aromatic rings. The van der Waals surface area contributed by atoms with Crippen molar-refractivity contribution in [1.29, 1.82) is 0 Å². The van der Waals surface area contributed by atoms with Gasteiger partial charge in [-0.25, -0.2) is 13.8 Å². The van der Waals surface area contributed by atoms with Crippen LogP contribution in [0, 0.1) is 17.6 Å². The molecule has 0 amide bonds. The van der Waals surface area contributed by atoms with Gasteiger partial charge in [0.1, 0.15) is 11.6 Å². The van der Waals surface area contributed by atoms with Crippen molar-refractivity contribution in [3.05, 3.63) is 66.6 Å². The Morgan fingerprint density at radius 2 is 1.90 bits per heavy atom. The Bertz CT molecular complexity index is 1220. The van der Waals surface area contributed by atoms with Gasteiger partial charge >= 0.3 is 0 Å². The number of nitrogens with one attached hydrogen (secondary N) is 1. The third-order valence-electron chi connectivity index (χ3n) is 5.65. The highest BCUT2D eigenvalue weighted by Crippen LogP contribution is 2.31. The van der Waals surface area contributed by atoms with Crippen molar-refractivity contribution in [1.82, 2.24) is 19.6 Å². The van der Waals surface area contributed by atoms with E-state index in [1.807, 2.05) is 6.07 Å². The van der Waals surface area contributed by atoms with Crippen molar-refractivity contribution >= 4 is 22.8 Å². The number of hydrogen-bond donors (Lipinski definition) is 1. The summed E-state index contributed by atoms with van der Waals surface area (Å²) in [6.45, 7) is 4.23. The summed E-state index contributed by atoms with van der Waals surface area (Å²) in [4.78, 5) is 11.0. The highest BCUT2D eigenvalue weighted by molar-refractivity contribution is 5.74. The number of rotatable bonds is 4. The first-order valence-electron chi connectivity index (χ1n) is 10.4. The predicted octanol–water partition coefficient (Wildman–Crippen LogP) is 5.05. The molecular formula is C23H22F2N6. The van der Waals surface area contributed by atoms with Gasteiger partial charge in [-0.1, -0.05) is 13.0 Å². The number of imidazole rings is 1. The second kappa shape index (κ2) is 7.94. The van der Waals surface area contributed by atoms with Gasteiger partial charge in [0.2, 0.25) is 5.95 Å². The smallest absolute Gasteiger partial charge is 0.229 e. The molecule has 4 heterocycles. The molecule has 1 aliphatic rings. The van der Waals surface area contributed by atoms with Gasteiger partial charge in [0, 0.05) is 19.3 Å². The van der Waals surface area contributed by atoms with E-state index in [1.54, 1.807) is 35.2 Å². The molecule has 1 N–H and O–H groups in total. The highest BCUT2D eigenvalue weighted by Gasteiger charge is 2.20. The van der Waals surface area contributed by atoms with Gasteiger partial charge in [-0.3, -0.25) is 4.98 Å². The number of benzene rings is 1. The first-order chi connectivity index (χ1) is 15.1. The summed E-state index contributed by atoms with van der Waals surface area (Å²) in [5.74, 6) is -0.236. The third-order valence-corrected chi connectivity index (χ3v) is 5.65. The average Bonchev–Trinajstić information content (AvgIpc) is 3.16. The second-order valence-electron chi connectivity index (χ2n) is 7.94. The molecule has 1 aliphatic heterocycles. The Morgan fingerprint density at radius 3 is 2.71 bits per heavy atom. The maximum atomic E-state index is 14.3. The van der Waals surface area contributed by atoms with Crippen LogP contribution in [-0.4, -0.2) is 32.7 Å². The standard InChI is InChI=1S/C23H22F2N6/c1-15-4-3-11-30(14-15)21-9-10-26-13-20(21)28-23-27-12-16-7-8-19(29-31(16)23)22-17(24)5-2-6-18(22)25/h2,5-10,12-13,15H,3-4,11,14H2,1H3,(H,27,28)/t15-/m0/s1. The van der Waals surface area contributed by atoms with Gasteiger partial charge in [-0.05, 0) is 49.1 Å². The van der Waals surface area contributed by atoms with E-state index in [1.165, 1.54) is 24.6 Å². The zero-order chi connectivity index (χ0) is 21.4. The van der Waals surface area contributed by atoms with Gasteiger partial charge in [-0.15, -0.1) is 0 Å². The van der Waals surface area contributed by atoms with Crippen LogP contribution in [0.3, 0.4) is 0 Å². The molecule has 0 unspecified atom stereocenters.